The van der Waals surface area contributed by atoms with Crippen LogP contribution in [0.4, 0.5) is 5.69 Å². The van der Waals surface area contributed by atoms with Gasteiger partial charge < -0.3 is 10.0 Å². The van der Waals surface area contributed by atoms with Gasteiger partial charge in [0.1, 0.15) is 0 Å². The van der Waals surface area contributed by atoms with Crippen LogP contribution in [-0.4, -0.2) is 39.8 Å². The molecule has 0 bridgehead atoms. The van der Waals surface area contributed by atoms with Crippen LogP contribution in [0.15, 0.2) is 41.8 Å². The molecule has 106 valence electrons. The van der Waals surface area contributed by atoms with Crippen LogP contribution < -0.4 is 9.62 Å². The average molecular weight is 284 g/mol. The molecule has 2 N–H and O–H groups in total. The molecule has 6 heteroatoms. The van der Waals surface area contributed by atoms with E-state index >= 15 is 0 Å². The number of nitrogens with one attached hydrogen (secondary N) is 1. The highest BCUT2D eigenvalue weighted by Gasteiger charge is 2.13. The minimum absolute atomic E-state index is 0.0330. The van der Waals surface area contributed by atoms with Crippen LogP contribution in [0.3, 0.4) is 0 Å². The van der Waals surface area contributed by atoms with Gasteiger partial charge in [-0.25, -0.2) is 13.1 Å². The summed E-state index contributed by atoms with van der Waals surface area (Å²) in [6.45, 7) is 6.86. The Balaban J connectivity index is 2.94. The summed E-state index contributed by atoms with van der Waals surface area (Å²) in [5.74, 6) is 0. The lowest BCUT2D eigenvalue weighted by atomic mass is 10.3. The van der Waals surface area contributed by atoms with E-state index in [0.717, 1.165) is 5.69 Å². The van der Waals surface area contributed by atoms with Crippen LogP contribution in [0.2, 0.25) is 0 Å². The Morgan fingerprint density at radius 1 is 1.37 bits per heavy atom. The Labute approximate surface area is 114 Å². The lowest BCUT2D eigenvalue weighted by Crippen LogP contribution is -2.27. The number of nitrogens with zero attached hydrogens (tertiary/aromatic N) is 1. The Morgan fingerprint density at radius 2 is 2.00 bits per heavy atom. The minimum Gasteiger partial charge on any atom is -0.395 e. The van der Waals surface area contributed by atoms with Crippen LogP contribution in [0.25, 0.3) is 0 Å². The lowest BCUT2D eigenvalue weighted by Gasteiger charge is -2.22. The third-order valence-corrected chi connectivity index (χ3v) is 4.13. The van der Waals surface area contributed by atoms with Crippen LogP contribution in [-0.2, 0) is 10.0 Å². The molecule has 1 aromatic rings. The van der Waals surface area contributed by atoms with Crippen molar-refractivity contribution in [3.05, 3.63) is 36.9 Å². The molecule has 0 aliphatic heterocycles. The molecular formula is C13H20N2O3S. The van der Waals surface area contributed by atoms with Gasteiger partial charge in [-0.15, -0.1) is 6.58 Å². The molecule has 0 radical (unpaired) electrons. The number of benzene rings is 1. The van der Waals surface area contributed by atoms with E-state index in [9.17, 15) is 8.42 Å². The van der Waals surface area contributed by atoms with Crippen molar-refractivity contribution < 1.29 is 13.5 Å². The largest absolute Gasteiger partial charge is 0.395 e. The topological polar surface area (TPSA) is 69.6 Å². The highest BCUT2D eigenvalue weighted by molar-refractivity contribution is 7.89. The van der Waals surface area contributed by atoms with Crippen LogP contribution in [0, 0.1) is 0 Å². The zero-order chi connectivity index (χ0) is 14.3. The fraction of sp³-hybridized carbons (Fsp3) is 0.385. The molecule has 0 spiro atoms. The average Bonchev–Trinajstić information content (AvgIpc) is 2.39. The van der Waals surface area contributed by atoms with Gasteiger partial charge in [0, 0.05) is 25.3 Å². The maximum atomic E-state index is 11.8. The predicted molar refractivity (Wildman–Crippen MR) is 76.8 cm³/mol. The van der Waals surface area contributed by atoms with Gasteiger partial charge in [0.05, 0.1) is 11.5 Å². The SMILES string of the molecule is C=CCN(CCO)c1ccc(S(=O)(=O)NCC)cc1. The summed E-state index contributed by atoms with van der Waals surface area (Å²) in [5, 5.41) is 9.00. The number of hydrogen-bond donors (Lipinski definition) is 2. The van der Waals surface area contributed by atoms with Gasteiger partial charge in [0.2, 0.25) is 10.0 Å². The first-order chi connectivity index (χ1) is 9.05. The highest BCUT2D eigenvalue weighted by Crippen LogP contribution is 2.17. The number of aliphatic hydroxyl groups is 1. The smallest absolute Gasteiger partial charge is 0.240 e. The van der Waals surface area contributed by atoms with Gasteiger partial charge in [0.25, 0.3) is 0 Å². The zero-order valence-electron chi connectivity index (χ0n) is 11.0. The fourth-order valence-corrected chi connectivity index (χ4v) is 2.75. The van der Waals surface area contributed by atoms with Crippen molar-refractivity contribution in [1.82, 2.24) is 4.72 Å². The molecule has 5 nitrogen and oxygen atoms in total. The van der Waals surface area contributed by atoms with E-state index in [1.807, 2.05) is 4.90 Å². The first-order valence-corrected chi connectivity index (χ1v) is 7.60. The van der Waals surface area contributed by atoms with E-state index in [1.54, 1.807) is 37.3 Å². The fourth-order valence-electron chi connectivity index (χ4n) is 1.71. The van der Waals surface area contributed by atoms with Gasteiger partial charge in [-0.2, -0.15) is 0 Å². The Hall–Kier alpha value is -1.37. The van der Waals surface area contributed by atoms with E-state index in [1.165, 1.54) is 0 Å². The molecule has 0 unspecified atom stereocenters. The van der Waals surface area contributed by atoms with E-state index in [0.29, 0.717) is 19.6 Å². The molecule has 1 rings (SSSR count). The molecule has 0 saturated heterocycles. The van der Waals surface area contributed by atoms with Gasteiger partial charge in [0.15, 0.2) is 0 Å². The zero-order valence-corrected chi connectivity index (χ0v) is 11.9. The molecule has 0 heterocycles. The van der Waals surface area contributed by atoms with Gasteiger partial charge in [-0.05, 0) is 24.3 Å². The molecule has 0 amide bonds. The number of anilines is 1. The number of hydrogen-bond acceptors (Lipinski definition) is 4. The summed E-state index contributed by atoms with van der Waals surface area (Å²) >= 11 is 0. The third kappa shape index (κ3) is 4.34. The highest BCUT2D eigenvalue weighted by atomic mass is 32.2. The second-order valence-corrected chi connectivity index (χ2v) is 5.72. The molecule has 19 heavy (non-hydrogen) atoms. The van der Waals surface area contributed by atoms with Crippen LogP contribution in [0.1, 0.15) is 6.92 Å². The molecule has 0 aliphatic rings. The van der Waals surface area contributed by atoms with Crippen molar-refractivity contribution in [1.29, 1.82) is 0 Å². The molecule has 0 fully saturated rings. The van der Waals surface area contributed by atoms with Gasteiger partial charge in [-0.1, -0.05) is 13.0 Å². The van der Waals surface area contributed by atoms with Crippen molar-refractivity contribution in [3.63, 3.8) is 0 Å². The molecule has 0 saturated carbocycles. The Morgan fingerprint density at radius 3 is 2.47 bits per heavy atom. The maximum absolute atomic E-state index is 11.8. The van der Waals surface area contributed by atoms with Crippen LogP contribution >= 0.6 is 0 Å². The second kappa shape index (κ2) is 7.28. The predicted octanol–water partition coefficient (Wildman–Crippen LogP) is 0.969. The molecule has 0 aliphatic carbocycles. The number of rotatable bonds is 8. The van der Waals surface area contributed by atoms with E-state index < -0.39 is 10.0 Å². The summed E-state index contributed by atoms with van der Waals surface area (Å²) in [4.78, 5) is 2.15. The quantitative estimate of drug-likeness (QED) is 0.698. The van der Waals surface area contributed by atoms with E-state index in [2.05, 4.69) is 11.3 Å². The van der Waals surface area contributed by atoms with Crippen molar-refractivity contribution >= 4 is 15.7 Å². The van der Waals surface area contributed by atoms with Crippen molar-refractivity contribution in [2.24, 2.45) is 0 Å². The minimum atomic E-state index is -3.42. The normalized spacial score (nSPS) is 11.3. The second-order valence-electron chi connectivity index (χ2n) is 3.95. The number of sulfonamides is 1. The molecule has 0 atom stereocenters. The maximum Gasteiger partial charge on any atom is 0.240 e. The summed E-state index contributed by atoms with van der Waals surface area (Å²) < 4.78 is 26.0. The van der Waals surface area contributed by atoms with Crippen molar-refractivity contribution in [2.75, 3.05) is 31.1 Å². The monoisotopic (exact) mass is 284 g/mol. The first-order valence-electron chi connectivity index (χ1n) is 6.11. The first kappa shape index (κ1) is 15.7. The molecular weight excluding hydrogens is 264 g/mol. The lowest BCUT2D eigenvalue weighted by molar-refractivity contribution is 0.303. The molecule has 1 aromatic carbocycles. The van der Waals surface area contributed by atoms with Gasteiger partial charge >= 0.3 is 0 Å². The van der Waals surface area contributed by atoms with Crippen LogP contribution in [0.5, 0.6) is 0 Å². The van der Waals surface area contributed by atoms with Crippen molar-refractivity contribution in [2.45, 2.75) is 11.8 Å². The van der Waals surface area contributed by atoms with Crippen molar-refractivity contribution in [3.8, 4) is 0 Å². The third-order valence-electron chi connectivity index (χ3n) is 2.57. The standard InChI is InChI=1S/C13H20N2O3S/c1-3-9-15(10-11-16)12-5-7-13(8-6-12)19(17,18)14-4-2/h3,5-8,14,16H,1,4,9-11H2,2H3. The number of aliphatic hydroxyl groups excluding tert-OH is 1. The Bertz CT molecular complexity index is 497. The summed E-state index contributed by atoms with van der Waals surface area (Å²) in [6, 6.07) is 6.56. The van der Waals surface area contributed by atoms with Gasteiger partial charge in [-0.3, -0.25) is 0 Å². The van der Waals surface area contributed by atoms with E-state index in [-0.39, 0.29) is 11.5 Å². The summed E-state index contributed by atoms with van der Waals surface area (Å²) in [7, 11) is -3.42. The van der Waals surface area contributed by atoms with E-state index in [4.69, 9.17) is 5.11 Å². The summed E-state index contributed by atoms with van der Waals surface area (Å²) in [5.41, 5.74) is 0.851. The molecule has 0 aromatic heterocycles. The summed E-state index contributed by atoms with van der Waals surface area (Å²) in [6.07, 6.45) is 1.74. The Kier molecular flexibility index (Phi) is 6.01.